The van der Waals surface area contributed by atoms with E-state index in [1.165, 1.54) is 16.5 Å². The maximum atomic E-state index is 5.71. The number of thiocarbonyl (C=S) groups is 1. The third kappa shape index (κ3) is 6.01. The molecule has 31 heavy (non-hydrogen) atoms. The van der Waals surface area contributed by atoms with Crippen molar-refractivity contribution < 1.29 is 4.74 Å². The fraction of sp³-hybridized carbons (Fsp3) is 0.600. The van der Waals surface area contributed by atoms with Crippen LogP contribution in [0.4, 0.5) is 5.82 Å². The van der Waals surface area contributed by atoms with Crippen LogP contribution in [-0.2, 0) is 11.2 Å². The molecule has 0 amide bonds. The average Bonchev–Trinajstić information content (AvgIpc) is 2.80. The van der Waals surface area contributed by atoms with E-state index in [0.717, 1.165) is 101 Å². The van der Waals surface area contributed by atoms with Crippen molar-refractivity contribution in [2.45, 2.75) is 33.1 Å². The lowest BCUT2D eigenvalue weighted by atomic mass is 10.0. The molecule has 2 saturated heterocycles. The zero-order chi connectivity index (χ0) is 21.6. The molecule has 0 aliphatic carbocycles. The molecule has 1 aromatic carbocycles. The first-order chi connectivity index (χ1) is 15.1. The maximum Gasteiger partial charge on any atom is 0.129 e. The molecule has 0 spiro atoms. The summed E-state index contributed by atoms with van der Waals surface area (Å²) in [6.07, 6.45) is 3.04. The molecule has 168 valence electrons. The van der Waals surface area contributed by atoms with Crippen molar-refractivity contribution in [1.82, 2.24) is 14.8 Å². The number of rotatable bonds is 8. The third-order valence-electron chi connectivity index (χ3n) is 6.64. The Morgan fingerprint density at radius 1 is 1.03 bits per heavy atom. The largest absolute Gasteiger partial charge is 0.379 e. The Morgan fingerprint density at radius 2 is 1.81 bits per heavy atom. The van der Waals surface area contributed by atoms with Crippen molar-refractivity contribution in [3.8, 4) is 0 Å². The Balaban J connectivity index is 1.35. The van der Waals surface area contributed by atoms with Crippen LogP contribution in [0.25, 0.3) is 10.9 Å². The molecule has 0 saturated carbocycles. The van der Waals surface area contributed by atoms with E-state index in [0.29, 0.717) is 0 Å². The maximum absolute atomic E-state index is 5.71. The fourth-order valence-corrected chi connectivity index (χ4v) is 4.94. The minimum absolute atomic E-state index is 0.867. The number of anilines is 1. The second-order valence-corrected chi connectivity index (χ2v) is 9.42. The standard InChI is InChI=1S/C25H36N4OS/c1-3-27-9-11-29(12-10-27)25-17-20(2)23-19-21(6-7-24(23)26-25)18-22(31)5-4-8-28-13-15-30-16-14-28/h6-7,17,19H,3-5,8-16,18H2,1-2H3. The number of hydrogen-bond donors (Lipinski definition) is 0. The molecule has 0 atom stereocenters. The monoisotopic (exact) mass is 440 g/mol. The molecule has 1 aromatic heterocycles. The molecule has 5 nitrogen and oxygen atoms in total. The van der Waals surface area contributed by atoms with Gasteiger partial charge in [-0.15, -0.1) is 0 Å². The zero-order valence-corrected chi connectivity index (χ0v) is 19.9. The van der Waals surface area contributed by atoms with Gasteiger partial charge in [0.25, 0.3) is 0 Å². The van der Waals surface area contributed by atoms with Crippen LogP contribution in [0.2, 0.25) is 0 Å². The van der Waals surface area contributed by atoms with Crippen LogP contribution in [0, 0.1) is 6.92 Å². The summed E-state index contributed by atoms with van der Waals surface area (Å²) in [6.45, 7) is 14.9. The van der Waals surface area contributed by atoms with Gasteiger partial charge in [-0.1, -0.05) is 25.2 Å². The van der Waals surface area contributed by atoms with E-state index in [9.17, 15) is 0 Å². The topological polar surface area (TPSA) is 31.8 Å². The normalized spacial score (nSPS) is 18.6. The van der Waals surface area contributed by atoms with Gasteiger partial charge in [0.1, 0.15) is 5.82 Å². The van der Waals surface area contributed by atoms with E-state index in [4.69, 9.17) is 21.9 Å². The lowest BCUT2D eigenvalue weighted by molar-refractivity contribution is 0.0377. The number of aromatic nitrogens is 1. The second-order valence-electron chi connectivity index (χ2n) is 8.84. The highest BCUT2D eigenvalue weighted by atomic mass is 32.1. The molecule has 0 N–H and O–H groups in total. The van der Waals surface area contributed by atoms with Crippen LogP contribution < -0.4 is 4.90 Å². The average molecular weight is 441 g/mol. The van der Waals surface area contributed by atoms with E-state index < -0.39 is 0 Å². The molecular formula is C25H36N4OS. The van der Waals surface area contributed by atoms with Gasteiger partial charge in [0.2, 0.25) is 0 Å². The third-order valence-corrected chi connectivity index (χ3v) is 6.99. The summed E-state index contributed by atoms with van der Waals surface area (Å²) in [4.78, 5) is 13.6. The van der Waals surface area contributed by atoms with Crippen molar-refractivity contribution in [2.75, 3.05) is 70.5 Å². The van der Waals surface area contributed by atoms with Gasteiger partial charge in [0.05, 0.1) is 18.7 Å². The first kappa shape index (κ1) is 22.6. The number of fused-ring (bicyclic) bond motifs is 1. The van der Waals surface area contributed by atoms with E-state index in [1.54, 1.807) is 0 Å². The van der Waals surface area contributed by atoms with Crippen molar-refractivity contribution >= 4 is 33.8 Å². The first-order valence-corrected chi connectivity index (χ1v) is 12.2. The van der Waals surface area contributed by atoms with Gasteiger partial charge in [0.15, 0.2) is 0 Å². The van der Waals surface area contributed by atoms with Crippen LogP contribution in [0.15, 0.2) is 24.3 Å². The number of nitrogens with zero attached hydrogens (tertiary/aromatic N) is 4. The molecule has 4 rings (SSSR count). The van der Waals surface area contributed by atoms with Crippen LogP contribution in [0.3, 0.4) is 0 Å². The lowest BCUT2D eigenvalue weighted by Crippen LogP contribution is -2.46. The molecule has 6 heteroatoms. The minimum Gasteiger partial charge on any atom is -0.379 e. The highest BCUT2D eigenvalue weighted by Gasteiger charge is 2.18. The molecule has 0 bridgehead atoms. The number of piperazine rings is 1. The number of pyridine rings is 1. The van der Waals surface area contributed by atoms with Gasteiger partial charge in [-0.3, -0.25) is 4.90 Å². The van der Waals surface area contributed by atoms with Crippen LogP contribution in [-0.4, -0.2) is 85.2 Å². The molecule has 3 heterocycles. The second kappa shape index (κ2) is 10.8. The van der Waals surface area contributed by atoms with Crippen molar-refractivity contribution in [1.29, 1.82) is 0 Å². The van der Waals surface area contributed by atoms with Gasteiger partial charge in [0, 0.05) is 51.1 Å². The Kier molecular flexibility index (Phi) is 7.88. The van der Waals surface area contributed by atoms with E-state index in [-0.39, 0.29) is 0 Å². The predicted octanol–water partition coefficient (Wildman–Crippen LogP) is 3.71. The number of ether oxygens (including phenoxy) is 1. The van der Waals surface area contributed by atoms with Crippen LogP contribution in [0.5, 0.6) is 0 Å². The summed E-state index contributed by atoms with van der Waals surface area (Å²) in [5, 5.41) is 1.25. The fourth-order valence-electron chi connectivity index (χ4n) is 4.63. The molecule has 2 fully saturated rings. The predicted molar refractivity (Wildman–Crippen MR) is 134 cm³/mol. The number of benzene rings is 1. The van der Waals surface area contributed by atoms with Gasteiger partial charge < -0.3 is 14.5 Å². The van der Waals surface area contributed by atoms with E-state index in [2.05, 4.69) is 52.8 Å². The van der Waals surface area contributed by atoms with Crippen LogP contribution >= 0.6 is 12.2 Å². The molecular weight excluding hydrogens is 404 g/mol. The molecule has 2 aliphatic heterocycles. The van der Waals surface area contributed by atoms with Crippen molar-refractivity contribution in [2.24, 2.45) is 0 Å². The Morgan fingerprint density at radius 3 is 2.55 bits per heavy atom. The van der Waals surface area contributed by atoms with Gasteiger partial charge in [-0.2, -0.15) is 0 Å². The molecule has 2 aromatic rings. The minimum atomic E-state index is 0.867. The Hall–Kier alpha value is -1.60. The summed E-state index contributed by atoms with van der Waals surface area (Å²) in [6, 6.07) is 8.95. The molecule has 2 aliphatic rings. The number of aryl methyl sites for hydroxylation is 1. The highest BCUT2D eigenvalue weighted by Crippen LogP contribution is 2.25. The number of hydrogen-bond acceptors (Lipinski definition) is 6. The SMILES string of the molecule is CCN1CCN(c2cc(C)c3cc(CC(=S)CCCN4CCOCC4)ccc3n2)CC1. The highest BCUT2D eigenvalue weighted by molar-refractivity contribution is 7.80. The van der Waals surface area contributed by atoms with E-state index >= 15 is 0 Å². The Bertz CT molecular complexity index is 888. The quantitative estimate of drug-likeness (QED) is 0.582. The van der Waals surface area contributed by atoms with Crippen LogP contribution in [0.1, 0.15) is 30.9 Å². The van der Waals surface area contributed by atoms with Crippen molar-refractivity contribution in [3.05, 3.63) is 35.4 Å². The summed E-state index contributed by atoms with van der Waals surface area (Å²) in [7, 11) is 0. The summed E-state index contributed by atoms with van der Waals surface area (Å²) in [5.74, 6) is 1.12. The zero-order valence-electron chi connectivity index (χ0n) is 19.1. The van der Waals surface area contributed by atoms with Gasteiger partial charge in [-0.05, 0) is 67.0 Å². The van der Waals surface area contributed by atoms with Gasteiger partial charge >= 0.3 is 0 Å². The first-order valence-electron chi connectivity index (χ1n) is 11.8. The number of morpholine rings is 1. The lowest BCUT2D eigenvalue weighted by Gasteiger charge is -2.35. The summed E-state index contributed by atoms with van der Waals surface area (Å²) < 4.78 is 5.42. The smallest absolute Gasteiger partial charge is 0.129 e. The molecule has 0 unspecified atom stereocenters. The molecule has 0 radical (unpaired) electrons. The van der Waals surface area contributed by atoms with Gasteiger partial charge in [-0.25, -0.2) is 4.98 Å². The summed E-state index contributed by atoms with van der Waals surface area (Å²) in [5.41, 5.74) is 3.70. The summed E-state index contributed by atoms with van der Waals surface area (Å²) >= 11 is 5.71. The number of likely N-dealkylation sites (N-methyl/N-ethyl adjacent to an activating group) is 1. The Labute approximate surface area is 192 Å². The van der Waals surface area contributed by atoms with E-state index in [1.807, 2.05) is 0 Å². The van der Waals surface area contributed by atoms with Crippen molar-refractivity contribution in [3.63, 3.8) is 0 Å².